The van der Waals surface area contributed by atoms with E-state index in [4.69, 9.17) is 4.74 Å². The molecule has 26 heavy (non-hydrogen) atoms. The molecule has 0 aliphatic carbocycles. The van der Waals surface area contributed by atoms with Gasteiger partial charge in [-0.25, -0.2) is 4.39 Å². The van der Waals surface area contributed by atoms with Gasteiger partial charge in [0.05, 0.1) is 5.75 Å². The van der Waals surface area contributed by atoms with E-state index in [-0.39, 0.29) is 24.1 Å². The lowest BCUT2D eigenvalue weighted by Crippen LogP contribution is -2.14. The highest BCUT2D eigenvalue weighted by Gasteiger charge is 2.13. The third-order valence-electron chi connectivity index (χ3n) is 3.21. The van der Waals surface area contributed by atoms with E-state index < -0.39 is 0 Å². The van der Waals surface area contributed by atoms with Crippen LogP contribution < -0.4 is 10.1 Å². The van der Waals surface area contributed by atoms with Crippen molar-refractivity contribution in [2.24, 2.45) is 7.05 Å². The Kier molecular flexibility index (Phi) is 5.78. The average molecular weight is 394 g/mol. The van der Waals surface area contributed by atoms with Crippen LogP contribution in [-0.2, 0) is 18.4 Å². The number of amides is 1. The second-order valence-corrected chi connectivity index (χ2v) is 7.29. The van der Waals surface area contributed by atoms with Crippen LogP contribution in [0.4, 0.5) is 9.52 Å². The normalized spacial score (nSPS) is 10.7. The number of nitrogens with zero attached hydrogens (tertiary/aromatic N) is 5. The lowest BCUT2D eigenvalue weighted by Gasteiger charge is -2.06. The number of anilines is 1. The summed E-state index contributed by atoms with van der Waals surface area (Å²) in [5.74, 6) is 0.783. The third-order valence-corrected chi connectivity index (χ3v) is 4.99. The van der Waals surface area contributed by atoms with Gasteiger partial charge in [0, 0.05) is 7.05 Å². The molecule has 11 heteroatoms. The SMILES string of the molecule is Cc1nnc(NC(=O)CSc2nnc(COc3ccc(F)cc3)n2C)s1. The number of ether oxygens (including phenoxy) is 1. The average Bonchev–Trinajstić information content (AvgIpc) is 3.18. The Hall–Kier alpha value is -2.53. The summed E-state index contributed by atoms with van der Waals surface area (Å²) in [6, 6.07) is 5.73. The molecule has 0 radical (unpaired) electrons. The van der Waals surface area contributed by atoms with Gasteiger partial charge in [0.1, 0.15) is 23.2 Å². The Morgan fingerprint density at radius 1 is 1.27 bits per heavy atom. The molecule has 1 amide bonds. The molecule has 0 atom stereocenters. The third kappa shape index (κ3) is 4.76. The first-order valence-corrected chi connectivity index (χ1v) is 9.31. The zero-order chi connectivity index (χ0) is 18.5. The molecule has 1 N–H and O–H groups in total. The van der Waals surface area contributed by atoms with Gasteiger partial charge in [-0.3, -0.25) is 10.1 Å². The van der Waals surface area contributed by atoms with Gasteiger partial charge in [0.25, 0.3) is 0 Å². The number of carbonyl (C=O) groups excluding carboxylic acids is 1. The Morgan fingerprint density at radius 3 is 2.73 bits per heavy atom. The minimum atomic E-state index is -0.323. The van der Waals surface area contributed by atoms with Gasteiger partial charge in [-0.1, -0.05) is 23.1 Å². The van der Waals surface area contributed by atoms with Crippen LogP contribution in [0.1, 0.15) is 10.8 Å². The first-order chi connectivity index (χ1) is 12.5. The second kappa shape index (κ2) is 8.23. The molecular weight excluding hydrogens is 379 g/mol. The first-order valence-electron chi connectivity index (χ1n) is 7.50. The van der Waals surface area contributed by atoms with Gasteiger partial charge in [-0.15, -0.1) is 20.4 Å². The van der Waals surface area contributed by atoms with Crippen molar-refractivity contribution in [3.8, 4) is 5.75 Å². The van der Waals surface area contributed by atoms with Crippen molar-refractivity contribution < 1.29 is 13.9 Å². The van der Waals surface area contributed by atoms with E-state index in [2.05, 4.69) is 25.7 Å². The number of nitrogens with one attached hydrogen (secondary N) is 1. The van der Waals surface area contributed by atoms with Crippen LogP contribution in [0.2, 0.25) is 0 Å². The molecule has 136 valence electrons. The molecule has 0 spiro atoms. The maximum atomic E-state index is 12.9. The van der Waals surface area contributed by atoms with Gasteiger partial charge < -0.3 is 9.30 Å². The Bertz CT molecular complexity index is 896. The van der Waals surface area contributed by atoms with Crippen molar-refractivity contribution in [1.82, 2.24) is 25.0 Å². The van der Waals surface area contributed by atoms with Crippen LogP contribution in [0.15, 0.2) is 29.4 Å². The summed E-state index contributed by atoms with van der Waals surface area (Å²) in [6.07, 6.45) is 0. The van der Waals surface area contributed by atoms with Crippen molar-refractivity contribution in [2.45, 2.75) is 18.7 Å². The number of carbonyl (C=O) groups is 1. The van der Waals surface area contributed by atoms with Gasteiger partial charge in [-0.2, -0.15) is 0 Å². The highest BCUT2D eigenvalue weighted by molar-refractivity contribution is 7.99. The molecule has 0 bridgehead atoms. The zero-order valence-corrected chi connectivity index (χ0v) is 15.6. The molecule has 2 heterocycles. The number of hydrogen-bond donors (Lipinski definition) is 1. The largest absolute Gasteiger partial charge is 0.486 e. The number of hydrogen-bond acceptors (Lipinski definition) is 8. The summed E-state index contributed by atoms with van der Waals surface area (Å²) < 4.78 is 20.2. The van der Waals surface area contributed by atoms with Crippen LogP contribution in [0.5, 0.6) is 5.75 Å². The summed E-state index contributed by atoms with van der Waals surface area (Å²) in [7, 11) is 1.79. The van der Waals surface area contributed by atoms with E-state index in [0.29, 0.717) is 21.9 Å². The number of benzene rings is 1. The van der Waals surface area contributed by atoms with E-state index >= 15 is 0 Å². The van der Waals surface area contributed by atoms with E-state index in [1.54, 1.807) is 23.7 Å². The van der Waals surface area contributed by atoms with Crippen LogP contribution in [0.25, 0.3) is 0 Å². The van der Waals surface area contributed by atoms with Gasteiger partial charge in [0.2, 0.25) is 11.0 Å². The fraction of sp³-hybridized carbons (Fsp3) is 0.267. The van der Waals surface area contributed by atoms with Gasteiger partial charge in [0.15, 0.2) is 11.0 Å². The summed E-state index contributed by atoms with van der Waals surface area (Å²) in [6.45, 7) is 2.00. The van der Waals surface area contributed by atoms with Crippen molar-refractivity contribution >= 4 is 34.1 Å². The summed E-state index contributed by atoms with van der Waals surface area (Å²) in [4.78, 5) is 11.9. The van der Waals surface area contributed by atoms with Gasteiger partial charge >= 0.3 is 0 Å². The highest BCUT2D eigenvalue weighted by atomic mass is 32.2. The molecule has 0 aliphatic heterocycles. The summed E-state index contributed by atoms with van der Waals surface area (Å²) >= 11 is 2.57. The van der Waals surface area contributed by atoms with Crippen molar-refractivity contribution in [1.29, 1.82) is 0 Å². The molecule has 8 nitrogen and oxygen atoms in total. The predicted octanol–water partition coefficient (Wildman–Crippen LogP) is 2.42. The van der Waals surface area contributed by atoms with Crippen molar-refractivity contribution in [3.63, 3.8) is 0 Å². The molecule has 3 aromatic rings. The number of thioether (sulfide) groups is 1. The molecule has 0 saturated carbocycles. The Balaban J connectivity index is 1.51. The quantitative estimate of drug-likeness (QED) is 0.615. The fourth-order valence-corrected chi connectivity index (χ4v) is 3.25. The van der Waals surface area contributed by atoms with Crippen LogP contribution in [-0.4, -0.2) is 36.6 Å². The molecular formula is C15H15FN6O2S2. The number of aryl methyl sites for hydroxylation is 1. The Labute approximate surface area is 156 Å². The van der Waals surface area contributed by atoms with Crippen LogP contribution in [0.3, 0.4) is 0 Å². The maximum Gasteiger partial charge on any atom is 0.236 e. The minimum Gasteiger partial charge on any atom is -0.486 e. The monoisotopic (exact) mass is 394 g/mol. The lowest BCUT2D eigenvalue weighted by atomic mass is 10.3. The first kappa shape index (κ1) is 18.3. The molecule has 0 unspecified atom stereocenters. The minimum absolute atomic E-state index is 0.170. The van der Waals surface area contributed by atoms with Gasteiger partial charge in [-0.05, 0) is 31.2 Å². The number of rotatable bonds is 7. The molecule has 3 rings (SSSR count). The van der Waals surface area contributed by atoms with Crippen molar-refractivity contribution in [3.05, 3.63) is 40.9 Å². The molecule has 0 saturated heterocycles. The standard InChI is InChI=1S/C15H15FN6O2S2/c1-9-18-20-14(26-9)17-13(23)8-25-15-21-19-12(22(15)2)7-24-11-5-3-10(16)4-6-11/h3-6H,7-8H2,1-2H3,(H,17,20,23). The maximum absolute atomic E-state index is 12.9. The molecule has 1 aromatic carbocycles. The lowest BCUT2D eigenvalue weighted by molar-refractivity contribution is -0.113. The molecule has 0 fully saturated rings. The van der Waals surface area contributed by atoms with E-state index in [0.717, 1.165) is 5.01 Å². The van der Waals surface area contributed by atoms with Crippen LogP contribution >= 0.6 is 23.1 Å². The van der Waals surface area contributed by atoms with E-state index in [1.165, 1.54) is 35.2 Å². The molecule has 0 aliphatic rings. The smallest absolute Gasteiger partial charge is 0.236 e. The summed E-state index contributed by atoms with van der Waals surface area (Å²) in [5.41, 5.74) is 0. The number of halogens is 1. The summed E-state index contributed by atoms with van der Waals surface area (Å²) in [5, 5.41) is 20.3. The number of aromatic nitrogens is 5. The highest BCUT2D eigenvalue weighted by Crippen LogP contribution is 2.19. The topological polar surface area (TPSA) is 94.8 Å². The van der Waals surface area contributed by atoms with E-state index in [1.807, 2.05) is 6.92 Å². The van der Waals surface area contributed by atoms with E-state index in [9.17, 15) is 9.18 Å². The molecule has 2 aromatic heterocycles. The Morgan fingerprint density at radius 2 is 2.04 bits per heavy atom. The second-order valence-electron chi connectivity index (χ2n) is 5.16. The van der Waals surface area contributed by atoms with Crippen LogP contribution in [0, 0.1) is 12.7 Å². The fourth-order valence-electron chi connectivity index (χ4n) is 1.91. The predicted molar refractivity (Wildman–Crippen MR) is 95.7 cm³/mol. The zero-order valence-electron chi connectivity index (χ0n) is 14.0. The van der Waals surface area contributed by atoms with Crippen molar-refractivity contribution in [2.75, 3.05) is 11.1 Å².